The van der Waals surface area contributed by atoms with E-state index in [0.717, 1.165) is 0 Å². The van der Waals surface area contributed by atoms with E-state index in [-0.39, 0.29) is 17.2 Å². The third kappa shape index (κ3) is 5.33. The molecule has 0 fully saturated rings. The lowest BCUT2D eigenvalue weighted by molar-refractivity contribution is -0.113. The molecule has 35 heavy (non-hydrogen) atoms. The molecule has 0 aliphatic heterocycles. The van der Waals surface area contributed by atoms with Gasteiger partial charge in [-0.2, -0.15) is 0 Å². The number of benzene rings is 3. The van der Waals surface area contributed by atoms with Crippen LogP contribution in [0.1, 0.15) is 25.3 Å². The molecule has 0 aliphatic rings. The van der Waals surface area contributed by atoms with Gasteiger partial charge >= 0.3 is 0 Å². The maximum Gasteiger partial charge on any atom is 0.266 e. The van der Waals surface area contributed by atoms with Crippen LogP contribution in [-0.4, -0.2) is 35.4 Å². The van der Waals surface area contributed by atoms with E-state index in [9.17, 15) is 9.59 Å². The molecule has 0 saturated heterocycles. The predicted octanol–water partition coefficient (Wildman–Crippen LogP) is 5.26. The zero-order chi connectivity index (χ0) is 24.9. The Bertz CT molecular complexity index is 1410. The molecule has 0 aliphatic carbocycles. The molecule has 180 valence electrons. The van der Waals surface area contributed by atoms with Crippen molar-refractivity contribution in [3.05, 3.63) is 82.6 Å². The van der Waals surface area contributed by atoms with Crippen molar-refractivity contribution >= 4 is 34.3 Å². The first kappa shape index (κ1) is 24.3. The highest BCUT2D eigenvalue weighted by atomic mass is 32.2. The molecule has 8 heteroatoms. The molecular formula is C27H27N3O4S. The number of methoxy groups -OCH3 is 2. The van der Waals surface area contributed by atoms with Gasteiger partial charge in [0.1, 0.15) is 0 Å². The first-order valence-electron chi connectivity index (χ1n) is 11.2. The number of hydrogen-bond acceptors (Lipinski definition) is 6. The summed E-state index contributed by atoms with van der Waals surface area (Å²) in [5.41, 5.74) is 2.90. The van der Waals surface area contributed by atoms with Crippen molar-refractivity contribution in [2.45, 2.75) is 24.9 Å². The van der Waals surface area contributed by atoms with E-state index in [2.05, 4.69) is 19.2 Å². The molecule has 0 bridgehead atoms. The van der Waals surface area contributed by atoms with E-state index in [1.54, 1.807) is 42.0 Å². The van der Waals surface area contributed by atoms with Crippen molar-refractivity contribution in [3.63, 3.8) is 0 Å². The Hall–Kier alpha value is -3.78. The normalized spacial score (nSPS) is 11.0. The summed E-state index contributed by atoms with van der Waals surface area (Å²) in [5, 5.41) is 3.84. The third-order valence-electron chi connectivity index (χ3n) is 5.56. The number of amides is 1. The van der Waals surface area contributed by atoms with Gasteiger partial charge in [-0.3, -0.25) is 14.2 Å². The average molecular weight is 490 g/mol. The van der Waals surface area contributed by atoms with Gasteiger partial charge < -0.3 is 14.8 Å². The second kappa shape index (κ2) is 10.7. The van der Waals surface area contributed by atoms with Crippen molar-refractivity contribution in [2.75, 3.05) is 25.3 Å². The van der Waals surface area contributed by atoms with E-state index in [1.165, 1.54) is 24.4 Å². The number of fused-ring (bicyclic) bond motifs is 1. The smallest absolute Gasteiger partial charge is 0.266 e. The van der Waals surface area contributed by atoms with Crippen LogP contribution in [0.3, 0.4) is 0 Å². The summed E-state index contributed by atoms with van der Waals surface area (Å²) in [4.78, 5) is 30.9. The minimum Gasteiger partial charge on any atom is -0.493 e. The number of carbonyl (C=O) groups excluding carboxylic acids is 1. The van der Waals surface area contributed by atoms with Crippen LogP contribution in [0, 0.1) is 0 Å². The molecular weight excluding hydrogens is 462 g/mol. The molecule has 1 aromatic heterocycles. The fourth-order valence-electron chi connectivity index (χ4n) is 3.69. The first-order valence-corrected chi connectivity index (χ1v) is 12.2. The Morgan fingerprint density at radius 3 is 2.40 bits per heavy atom. The summed E-state index contributed by atoms with van der Waals surface area (Å²) >= 11 is 1.21. The van der Waals surface area contributed by atoms with Crippen LogP contribution in [0.25, 0.3) is 16.6 Å². The average Bonchev–Trinajstić information content (AvgIpc) is 2.87. The maximum absolute atomic E-state index is 13.4. The van der Waals surface area contributed by atoms with Gasteiger partial charge in [-0.25, -0.2) is 4.98 Å². The van der Waals surface area contributed by atoms with E-state index in [1.807, 2.05) is 36.4 Å². The molecule has 1 N–H and O–H groups in total. The quantitative estimate of drug-likeness (QED) is 0.269. The zero-order valence-corrected chi connectivity index (χ0v) is 20.9. The van der Waals surface area contributed by atoms with E-state index in [0.29, 0.717) is 44.9 Å². The Kier molecular flexibility index (Phi) is 7.41. The molecule has 7 nitrogen and oxygen atoms in total. The van der Waals surface area contributed by atoms with Gasteiger partial charge in [0.25, 0.3) is 5.56 Å². The van der Waals surface area contributed by atoms with E-state index < -0.39 is 0 Å². The predicted molar refractivity (Wildman–Crippen MR) is 140 cm³/mol. The van der Waals surface area contributed by atoms with Crippen molar-refractivity contribution < 1.29 is 14.3 Å². The second-order valence-corrected chi connectivity index (χ2v) is 9.15. The fourth-order valence-corrected chi connectivity index (χ4v) is 4.50. The van der Waals surface area contributed by atoms with Crippen LogP contribution < -0.4 is 20.3 Å². The number of nitrogens with zero attached hydrogens (tertiary/aromatic N) is 2. The molecule has 3 aromatic carbocycles. The van der Waals surface area contributed by atoms with Gasteiger partial charge in [0.05, 0.1) is 36.6 Å². The van der Waals surface area contributed by atoms with Gasteiger partial charge in [0, 0.05) is 11.8 Å². The van der Waals surface area contributed by atoms with Crippen molar-refractivity contribution in [3.8, 4) is 17.2 Å². The van der Waals surface area contributed by atoms with Crippen molar-refractivity contribution in [1.29, 1.82) is 0 Å². The Balaban J connectivity index is 1.62. The summed E-state index contributed by atoms with van der Waals surface area (Å²) in [7, 11) is 3.09. The highest BCUT2D eigenvalue weighted by Gasteiger charge is 2.16. The number of thioether (sulfide) groups is 1. The van der Waals surface area contributed by atoms with Crippen LogP contribution in [0.2, 0.25) is 0 Å². The van der Waals surface area contributed by atoms with Gasteiger partial charge in [-0.1, -0.05) is 49.9 Å². The summed E-state index contributed by atoms with van der Waals surface area (Å²) in [6.07, 6.45) is 0. The maximum atomic E-state index is 13.4. The summed E-state index contributed by atoms with van der Waals surface area (Å²) in [5.74, 6) is 1.32. The molecule has 4 aromatic rings. The Labute approximate surface area is 208 Å². The topological polar surface area (TPSA) is 82.5 Å². The van der Waals surface area contributed by atoms with Crippen LogP contribution in [0.4, 0.5) is 5.69 Å². The summed E-state index contributed by atoms with van der Waals surface area (Å²) < 4.78 is 12.1. The number of para-hydroxylation sites is 1. The monoisotopic (exact) mass is 489 g/mol. The van der Waals surface area contributed by atoms with Crippen molar-refractivity contribution in [1.82, 2.24) is 9.55 Å². The molecule has 0 atom stereocenters. The van der Waals surface area contributed by atoms with Gasteiger partial charge in [0.2, 0.25) is 5.91 Å². The Morgan fingerprint density at radius 2 is 1.71 bits per heavy atom. The number of ether oxygens (including phenoxy) is 2. The number of rotatable bonds is 8. The zero-order valence-electron chi connectivity index (χ0n) is 20.1. The van der Waals surface area contributed by atoms with E-state index in [4.69, 9.17) is 14.5 Å². The fraction of sp³-hybridized carbons (Fsp3) is 0.222. The molecule has 0 spiro atoms. The number of hydrogen-bond donors (Lipinski definition) is 1. The second-order valence-electron chi connectivity index (χ2n) is 8.20. The van der Waals surface area contributed by atoms with Crippen LogP contribution >= 0.6 is 11.8 Å². The van der Waals surface area contributed by atoms with Crippen molar-refractivity contribution in [2.24, 2.45) is 0 Å². The molecule has 4 rings (SSSR count). The van der Waals surface area contributed by atoms with Gasteiger partial charge in [-0.05, 0) is 47.9 Å². The Morgan fingerprint density at radius 1 is 1.00 bits per heavy atom. The van der Waals surface area contributed by atoms with Gasteiger partial charge in [-0.15, -0.1) is 0 Å². The lowest BCUT2D eigenvalue weighted by Crippen LogP contribution is -2.23. The minimum atomic E-state index is -0.230. The largest absolute Gasteiger partial charge is 0.493 e. The molecule has 1 heterocycles. The molecule has 1 amide bonds. The van der Waals surface area contributed by atoms with E-state index >= 15 is 0 Å². The summed E-state index contributed by atoms with van der Waals surface area (Å²) in [6.45, 7) is 4.24. The standard InChI is InChI=1S/C27H27N3O4S/c1-17(2)18-9-12-20(13-10-18)30-26(32)21-7-5-6-8-22(21)29-27(30)35-16-25(31)28-19-11-14-23(33-3)24(15-19)34-4/h5-15,17H,16H2,1-4H3,(H,28,31). The molecule has 0 radical (unpaired) electrons. The highest BCUT2D eigenvalue weighted by Crippen LogP contribution is 2.30. The lowest BCUT2D eigenvalue weighted by Gasteiger charge is -2.14. The SMILES string of the molecule is COc1ccc(NC(=O)CSc2nc3ccccc3c(=O)n2-c2ccc(C(C)C)cc2)cc1OC. The lowest BCUT2D eigenvalue weighted by atomic mass is 10.0. The van der Waals surface area contributed by atoms with Gasteiger partial charge in [0.15, 0.2) is 16.7 Å². The van der Waals surface area contributed by atoms with Crippen LogP contribution in [-0.2, 0) is 4.79 Å². The first-order chi connectivity index (χ1) is 16.9. The number of carbonyl (C=O) groups is 1. The summed E-state index contributed by atoms with van der Waals surface area (Å²) in [6, 6.07) is 20.3. The van der Waals surface area contributed by atoms with Crippen LogP contribution in [0.5, 0.6) is 11.5 Å². The molecule has 0 saturated carbocycles. The minimum absolute atomic E-state index is 0.0726. The molecule has 0 unspecified atom stereocenters. The highest BCUT2D eigenvalue weighted by molar-refractivity contribution is 7.99. The number of aromatic nitrogens is 2. The third-order valence-corrected chi connectivity index (χ3v) is 6.50. The van der Waals surface area contributed by atoms with Crippen LogP contribution in [0.15, 0.2) is 76.7 Å². The number of nitrogens with one attached hydrogen (secondary N) is 1. The number of anilines is 1.